The van der Waals surface area contributed by atoms with E-state index in [2.05, 4.69) is 33.5 Å². The molecule has 3 aliphatic rings. The van der Waals surface area contributed by atoms with Crippen molar-refractivity contribution in [3.05, 3.63) is 108 Å². The predicted octanol–water partition coefficient (Wildman–Crippen LogP) is 3.07. The summed E-state index contributed by atoms with van der Waals surface area (Å²) in [5.74, 6) is -4.08. The van der Waals surface area contributed by atoms with Gasteiger partial charge in [-0.05, 0) is 116 Å². The van der Waals surface area contributed by atoms with E-state index < -0.39 is 95.9 Å². The molecular weight excluding hydrogens is 973 g/mol. The quantitative estimate of drug-likeness (QED) is 0.0825. The van der Waals surface area contributed by atoms with Gasteiger partial charge in [-0.2, -0.15) is 0 Å². The number of benzene rings is 4. The molecule has 3 aliphatic heterocycles. The number of nitrogens with two attached hydrogens (primary N) is 1. The van der Waals surface area contributed by atoms with Crippen molar-refractivity contribution >= 4 is 41.4 Å². The molecule has 76 heavy (non-hydrogen) atoms. The minimum atomic E-state index is -1.65. The molecule has 4 aromatic rings. The maximum atomic E-state index is 14.4. The Labute approximate surface area is 443 Å². The van der Waals surface area contributed by atoms with E-state index in [9.17, 15) is 48.9 Å². The monoisotopic (exact) mass is 1040 g/mol. The molecule has 0 unspecified atom stereocenters. The number of unbranched alkanes of at least 4 members (excludes halogenated alkanes) is 2. The summed E-state index contributed by atoms with van der Waals surface area (Å²) in [5, 5.41) is 45.4. The van der Waals surface area contributed by atoms with Gasteiger partial charge < -0.3 is 62.2 Å². The summed E-state index contributed by atoms with van der Waals surface area (Å²) in [5.41, 5.74) is 11.1. The van der Waals surface area contributed by atoms with Crippen molar-refractivity contribution < 1.29 is 53.6 Å². The summed E-state index contributed by atoms with van der Waals surface area (Å²) >= 11 is 0. The minimum Gasteiger partial charge on any atom is -0.508 e. The van der Waals surface area contributed by atoms with Crippen LogP contribution in [0.4, 0.5) is 0 Å². The molecule has 7 amide bonds. The number of aryl methyl sites for hydroxylation is 1. The largest absolute Gasteiger partial charge is 0.508 e. The Hall–Kier alpha value is -7.35. The van der Waals surface area contributed by atoms with Crippen molar-refractivity contribution in [2.45, 2.75) is 139 Å². The number of nitrogens with one attached hydrogen (secondary N) is 5. The maximum absolute atomic E-state index is 14.4. The number of carbonyl (C=O) groups excluding carboxylic acids is 7. The molecular formula is C57H72N8O11. The summed E-state index contributed by atoms with van der Waals surface area (Å²) in [7, 11) is 0. The van der Waals surface area contributed by atoms with Gasteiger partial charge in [0.25, 0.3) is 5.91 Å². The minimum absolute atomic E-state index is 0.00906. The molecule has 0 radical (unpaired) electrons. The highest BCUT2D eigenvalue weighted by atomic mass is 16.5. The number of phenols is 1. The number of ether oxygens (including phenoxy) is 1. The van der Waals surface area contributed by atoms with E-state index in [1.54, 1.807) is 43.3 Å². The lowest BCUT2D eigenvalue weighted by Gasteiger charge is -2.32. The highest BCUT2D eigenvalue weighted by Crippen LogP contribution is 2.28. The van der Waals surface area contributed by atoms with Crippen LogP contribution in [-0.4, -0.2) is 147 Å². The van der Waals surface area contributed by atoms with Crippen LogP contribution in [0.15, 0.2) is 97.1 Å². The zero-order valence-corrected chi connectivity index (χ0v) is 43.4. The number of aromatic hydroxyl groups is 1. The Kier molecular flexibility index (Phi) is 19.6. The zero-order chi connectivity index (χ0) is 54.5. The highest BCUT2D eigenvalue weighted by molar-refractivity contribution is 6.00. The van der Waals surface area contributed by atoms with Gasteiger partial charge in [-0.3, -0.25) is 33.6 Å². The number of carbonyl (C=O) groups is 7. The predicted molar refractivity (Wildman–Crippen MR) is 284 cm³/mol. The molecule has 19 nitrogen and oxygen atoms in total. The number of hydrogen-bond acceptors (Lipinski definition) is 12. The molecule has 7 rings (SSSR count). The molecule has 3 heterocycles. The smallest absolute Gasteiger partial charge is 0.251 e. The van der Waals surface area contributed by atoms with Crippen molar-refractivity contribution in [3.63, 3.8) is 0 Å². The normalized spacial score (nSPS) is 24.5. The van der Waals surface area contributed by atoms with Gasteiger partial charge in [-0.15, -0.1) is 0 Å². The molecule has 9 atom stereocenters. The zero-order valence-electron chi connectivity index (χ0n) is 43.4. The summed E-state index contributed by atoms with van der Waals surface area (Å²) in [4.78, 5) is 101. The highest BCUT2D eigenvalue weighted by Gasteiger charge is 2.45. The summed E-state index contributed by atoms with van der Waals surface area (Å²) < 4.78 is 5.86. The van der Waals surface area contributed by atoms with Crippen LogP contribution in [0.2, 0.25) is 0 Å². The van der Waals surface area contributed by atoms with Crippen molar-refractivity contribution in [1.82, 2.24) is 36.4 Å². The van der Waals surface area contributed by atoms with Crippen LogP contribution >= 0.6 is 0 Å². The van der Waals surface area contributed by atoms with E-state index in [4.69, 9.17) is 10.5 Å². The Morgan fingerprint density at radius 2 is 1.32 bits per heavy atom. The molecule has 19 heteroatoms. The van der Waals surface area contributed by atoms with Gasteiger partial charge in [-0.1, -0.05) is 87.4 Å². The lowest BCUT2D eigenvalue weighted by molar-refractivity contribution is -0.145. The lowest BCUT2D eigenvalue weighted by Crippen LogP contribution is -2.61. The number of amides is 7. The van der Waals surface area contributed by atoms with Crippen LogP contribution in [0.5, 0.6) is 11.5 Å². The molecule has 4 aromatic carbocycles. The first-order chi connectivity index (χ1) is 36.5. The van der Waals surface area contributed by atoms with Crippen molar-refractivity contribution in [2.24, 2.45) is 5.73 Å². The first kappa shape index (κ1) is 56.4. The Balaban J connectivity index is 1.10. The standard InChI is InChI=1S/C57H72N8O11/c1-4-6-7-29-76-44-25-21-39(22-26-44)37-15-13-36(14-16-37)38-17-19-40(20-18-38)51(69)61-46-9-8-28-59-54(72)48-30-41(58)32-64(48)56(74)45(5-2)60-52(70)47(27-12-35-10-23-42(67)24-11-35)62-55(73)49-31-43(68)33-65(49)57(75)50(34(3)66)63-53(46)71/h10-11,13-26,34,41,43,45-50,66-68H,4-9,12,27-33,58H2,1-3H3,(H,59,72)(H,60,70)(H,61,69)(H,62,73)(H,63,71)/t34-,41+,43-,45+,46+,47+,48+,49+,50+/m1/s1. The van der Waals surface area contributed by atoms with Crippen LogP contribution in [0.25, 0.3) is 22.3 Å². The Morgan fingerprint density at radius 3 is 1.93 bits per heavy atom. The fourth-order valence-corrected chi connectivity index (χ4v) is 9.91. The van der Waals surface area contributed by atoms with Crippen LogP contribution in [-0.2, 0) is 35.2 Å². The third-order valence-corrected chi connectivity index (χ3v) is 14.3. The topological polar surface area (TPSA) is 282 Å². The van der Waals surface area contributed by atoms with E-state index in [1.165, 1.54) is 24.0 Å². The van der Waals surface area contributed by atoms with Crippen molar-refractivity contribution in [2.75, 3.05) is 26.2 Å². The summed E-state index contributed by atoms with van der Waals surface area (Å²) in [6.45, 7) is 5.51. The van der Waals surface area contributed by atoms with E-state index in [0.29, 0.717) is 6.61 Å². The van der Waals surface area contributed by atoms with Crippen molar-refractivity contribution in [1.29, 1.82) is 0 Å². The summed E-state index contributed by atoms with van der Waals surface area (Å²) in [6, 6.07) is 20.8. The third-order valence-electron chi connectivity index (χ3n) is 14.3. The van der Waals surface area contributed by atoms with Crippen LogP contribution < -0.4 is 37.1 Å². The molecule has 0 aliphatic carbocycles. The number of aliphatic hydroxyl groups excluding tert-OH is 2. The average molecular weight is 1050 g/mol. The molecule has 0 aromatic heterocycles. The molecule has 0 saturated carbocycles. The average Bonchev–Trinajstić information content (AvgIpc) is 4.02. The second kappa shape index (κ2) is 26.4. The van der Waals surface area contributed by atoms with Crippen LogP contribution in [0.3, 0.4) is 0 Å². The molecule has 0 bridgehead atoms. The first-order valence-corrected chi connectivity index (χ1v) is 26.5. The second-order valence-corrected chi connectivity index (χ2v) is 20.1. The van der Waals surface area contributed by atoms with Gasteiger partial charge in [0, 0.05) is 37.7 Å². The lowest BCUT2D eigenvalue weighted by atomic mass is 9.99. The van der Waals surface area contributed by atoms with E-state index in [1.807, 2.05) is 48.5 Å². The fourth-order valence-electron chi connectivity index (χ4n) is 9.91. The number of nitrogens with zero attached hydrogens (tertiary/aromatic N) is 2. The van der Waals surface area contributed by atoms with Gasteiger partial charge in [0.15, 0.2) is 0 Å². The molecule has 10 N–H and O–H groups in total. The third kappa shape index (κ3) is 14.5. The summed E-state index contributed by atoms with van der Waals surface area (Å²) in [6.07, 6.45) is 0.933. The SMILES string of the molecule is CCCCCOc1ccc(-c2ccc(-c3ccc(C(=O)N[C@H]4CCCNC(=O)[C@@H]5C[C@H](N)CN5C(=O)[C@H](CC)NC(=O)[C@H](CCc5ccc(O)cc5)NC(=O)[C@@H]5C[C@@H](O)CN5C(=O)[C@H]([C@@H](C)O)NC4=O)cc3)cc2)cc1. The Morgan fingerprint density at radius 1 is 0.724 bits per heavy atom. The fraction of sp³-hybridized carbons (Fsp3) is 0.456. The van der Waals surface area contributed by atoms with Gasteiger partial charge in [0.1, 0.15) is 47.8 Å². The van der Waals surface area contributed by atoms with Crippen LogP contribution in [0, 0.1) is 0 Å². The van der Waals surface area contributed by atoms with Gasteiger partial charge in [0.05, 0.1) is 18.8 Å². The number of aliphatic hydroxyl groups is 2. The number of phenolic OH excluding ortho intramolecular Hbond substituents is 1. The molecule has 406 valence electrons. The van der Waals surface area contributed by atoms with E-state index in [-0.39, 0.29) is 75.9 Å². The van der Waals surface area contributed by atoms with Crippen molar-refractivity contribution in [3.8, 4) is 33.8 Å². The number of hydrogen-bond donors (Lipinski definition) is 9. The number of rotatable bonds is 14. The van der Waals surface area contributed by atoms with Gasteiger partial charge >= 0.3 is 0 Å². The Bertz CT molecular complexity index is 2650. The van der Waals surface area contributed by atoms with E-state index >= 15 is 0 Å². The maximum Gasteiger partial charge on any atom is 0.251 e. The van der Waals surface area contributed by atoms with E-state index in [0.717, 1.165) is 57.7 Å². The molecule has 3 saturated heterocycles. The van der Waals surface area contributed by atoms with Gasteiger partial charge in [-0.25, -0.2) is 0 Å². The first-order valence-electron chi connectivity index (χ1n) is 26.5. The van der Waals surface area contributed by atoms with Gasteiger partial charge in [0.2, 0.25) is 35.4 Å². The number of fused-ring (bicyclic) bond motifs is 2. The molecule has 3 fully saturated rings. The van der Waals surface area contributed by atoms with Crippen LogP contribution in [0.1, 0.15) is 94.5 Å². The molecule has 0 spiro atoms. The second-order valence-electron chi connectivity index (χ2n) is 20.1.